The van der Waals surface area contributed by atoms with E-state index in [0.29, 0.717) is 5.69 Å². The summed E-state index contributed by atoms with van der Waals surface area (Å²) in [7, 11) is 1.34. The Kier molecular flexibility index (Phi) is 2.90. The van der Waals surface area contributed by atoms with Crippen LogP contribution >= 0.6 is 0 Å². The predicted octanol–water partition coefficient (Wildman–Crippen LogP) is 0.513. The number of hydrogen-bond donors (Lipinski definition) is 0. The number of carbonyl (C=O) groups is 1. The van der Waals surface area contributed by atoms with E-state index >= 15 is 0 Å². The van der Waals surface area contributed by atoms with E-state index in [4.69, 9.17) is 0 Å². The van der Waals surface area contributed by atoms with Crippen LogP contribution < -0.4 is 0 Å². The molecule has 6 heteroatoms. The van der Waals surface area contributed by atoms with Gasteiger partial charge >= 0.3 is 5.97 Å². The first kappa shape index (κ1) is 10.3. The van der Waals surface area contributed by atoms with Gasteiger partial charge in [-0.2, -0.15) is 0 Å². The van der Waals surface area contributed by atoms with E-state index in [9.17, 15) is 4.79 Å². The van der Waals surface area contributed by atoms with E-state index in [0.717, 1.165) is 5.56 Å². The number of methoxy groups -OCH3 is 1. The fraction of sp³-hybridized carbons (Fsp3) is 0.200. The van der Waals surface area contributed by atoms with E-state index in [2.05, 4.69) is 20.0 Å². The van der Waals surface area contributed by atoms with E-state index in [1.54, 1.807) is 18.6 Å². The van der Waals surface area contributed by atoms with Gasteiger partial charge in [-0.25, -0.2) is 4.68 Å². The van der Waals surface area contributed by atoms with Crippen LogP contribution in [0, 0.1) is 0 Å². The van der Waals surface area contributed by atoms with Crippen LogP contribution in [0.15, 0.2) is 30.7 Å². The lowest BCUT2D eigenvalue weighted by molar-refractivity contribution is -0.141. The molecule has 0 spiro atoms. The molecule has 0 atom stereocenters. The molecule has 2 aromatic rings. The summed E-state index contributed by atoms with van der Waals surface area (Å²) in [5.74, 6) is -0.355. The third kappa shape index (κ3) is 2.22. The van der Waals surface area contributed by atoms with Crippen LogP contribution in [-0.4, -0.2) is 33.1 Å². The van der Waals surface area contributed by atoms with Crippen LogP contribution in [-0.2, 0) is 16.1 Å². The minimum atomic E-state index is -0.355. The maximum atomic E-state index is 11.0. The molecule has 0 aliphatic heterocycles. The average Bonchev–Trinajstić information content (AvgIpc) is 2.78. The van der Waals surface area contributed by atoms with Gasteiger partial charge in [-0.3, -0.25) is 9.78 Å². The molecule has 0 aliphatic rings. The van der Waals surface area contributed by atoms with Gasteiger partial charge < -0.3 is 4.74 Å². The molecular weight excluding hydrogens is 208 g/mol. The zero-order chi connectivity index (χ0) is 11.4. The van der Waals surface area contributed by atoms with Gasteiger partial charge in [0.05, 0.1) is 13.3 Å². The van der Waals surface area contributed by atoms with Crippen molar-refractivity contribution in [2.24, 2.45) is 0 Å². The molecule has 0 fully saturated rings. The fourth-order valence-corrected chi connectivity index (χ4v) is 1.23. The van der Waals surface area contributed by atoms with Crippen molar-refractivity contribution in [3.8, 4) is 11.3 Å². The van der Waals surface area contributed by atoms with Crippen LogP contribution in [0.2, 0.25) is 0 Å². The lowest BCUT2D eigenvalue weighted by Crippen LogP contribution is -2.11. The summed E-state index contributed by atoms with van der Waals surface area (Å²) in [6.45, 7) is 0.0641. The first-order chi connectivity index (χ1) is 7.79. The summed E-state index contributed by atoms with van der Waals surface area (Å²) >= 11 is 0. The number of aromatic nitrogens is 4. The molecule has 0 aromatic carbocycles. The highest BCUT2D eigenvalue weighted by Gasteiger charge is 2.06. The van der Waals surface area contributed by atoms with Crippen molar-refractivity contribution in [2.75, 3.05) is 7.11 Å². The Labute approximate surface area is 91.9 Å². The van der Waals surface area contributed by atoms with Crippen LogP contribution in [0.4, 0.5) is 0 Å². The fourth-order valence-electron chi connectivity index (χ4n) is 1.23. The molecule has 0 N–H and O–H groups in total. The normalized spacial score (nSPS) is 10.1. The highest BCUT2D eigenvalue weighted by atomic mass is 16.5. The maximum Gasteiger partial charge on any atom is 0.327 e. The van der Waals surface area contributed by atoms with Gasteiger partial charge in [0.15, 0.2) is 0 Å². The quantitative estimate of drug-likeness (QED) is 0.702. The van der Waals surface area contributed by atoms with Gasteiger partial charge in [-0.1, -0.05) is 5.21 Å². The highest BCUT2D eigenvalue weighted by molar-refractivity contribution is 5.69. The van der Waals surface area contributed by atoms with E-state index < -0.39 is 0 Å². The first-order valence-corrected chi connectivity index (χ1v) is 4.67. The van der Waals surface area contributed by atoms with E-state index in [-0.39, 0.29) is 12.5 Å². The van der Waals surface area contributed by atoms with Gasteiger partial charge in [0.2, 0.25) is 0 Å². The van der Waals surface area contributed by atoms with Crippen molar-refractivity contribution in [1.29, 1.82) is 0 Å². The van der Waals surface area contributed by atoms with E-state index in [1.807, 2.05) is 12.1 Å². The molecule has 16 heavy (non-hydrogen) atoms. The van der Waals surface area contributed by atoms with Crippen molar-refractivity contribution in [2.45, 2.75) is 6.54 Å². The smallest absolute Gasteiger partial charge is 0.327 e. The van der Waals surface area contributed by atoms with Crippen molar-refractivity contribution in [3.63, 3.8) is 0 Å². The predicted molar refractivity (Wildman–Crippen MR) is 55.3 cm³/mol. The summed E-state index contributed by atoms with van der Waals surface area (Å²) in [5.41, 5.74) is 1.61. The summed E-state index contributed by atoms with van der Waals surface area (Å²) in [6, 6.07) is 3.65. The van der Waals surface area contributed by atoms with Gasteiger partial charge in [0.25, 0.3) is 0 Å². The molecule has 2 aromatic heterocycles. The third-order valence-corrected chi connectivity index (χ3v) is 2.03. The Morgan fingerprint density at radius 1 is 1.44 bits per heavy atom. The van der Waals surface area contributed by atoms with Gasteiger partial charge in [0.1, 0.15) is 12.2 Å². The largest absolute Gasteiger partial charge is 0.468 e. The molecule has 0 saturated carbocycles. The van der Waals surface area contributed by atoms with Crippen molar-refractivity contribution in [3.05, 3.63) is 30.7 Å². The van der Waals surface area contributed by atoms with Gasteiger partial charge in [-0.05, 0) is 12.1 Å². The standard InChI is InChI=1S/C10H10N4O2/c1-16-10(15)7-14-6-9(12-13-14)8-2-4-11-5-3-8/h2-6H,7H2,1H3. The van der Waals surface area contributed by atoms with Crippen LogP contribution in [0.25, 0.3) is 11.3 Å². The third-order valence-electron chi connectivity index (χ3n) is 2.03. The Balaban J connectivity index is 2.17. The second-order valence-corrected chi connectivity index (χ2v) is 3.11. The Morgan fingerprint density at radius 2 is 2.19 bits per heavy atom. The minimum Gasteiger partial charge on any atom is -0.468 e. The Bertz CT molecular complexity index is 481. The van der Waals surface area contributed by atoms with Crippen LogP contribution in [0.5, 0.6) is 0 Å². The molecule has 0 bridgehead atoms. The molecule has 0 aliphatic carbocycles. The molecule has 0 unspecified atom stereocenters. The zero-order valence-corrected chi connectivity index (χ0v) is 8.70. The number of esters is 1. The van der Waals surface area contributed by atoms with Crippen molar-refractivity contribution < 1.29 is 9.53 Å². The Hall–Kier alpha value is -2.24. The molecular formula is C10H10N4O2. The number of rotatable bonds is 3. The Morgan fingerprint density at radius 3 is 2.88 bits per heavy atom. The minimum absolute atomic E-state index is 0.0641. The average molecular weight is 218 g/mol. The molecule has 82 valence electrons. The molecule has 2 rings (SSSR count). The summed E-state index contributed by atoms with van der Waals surface area (Å²) in [5, 5.41) is 7.78. The topological polar surface area (TPSA) is 69.9 Å². The second kappa shape index (κ2) is 4.52. The highest BCUT2D eigenvalue weighted by Crippen LogP contribution is 2.13. The number of nitrogens with zero attached hydrogens (tertiary/aromatic N) is 4. The summed E-state index contributed by atoms with van der Waals surface area (Å²) in [4.78, 5) is 14.9. The molecule has 0 radical (unpaired) electrons. The summed E-state index contributed by atoms with van der Waals surface area (Å²) < 4.78 is 5.96. The van der Waals surface area contributed by atoms with Gasteiger partial charge in [-0.15, -0.1) is 5.10 Å². The molecule has 0 amide bonds. The number of hydrogen-bond acceptors (Lipinski definition) is 5. The van der Waals surface area contributed by atoms with E-state index in [1.165, 1.54) is 11.8 Å². The SMILES string of the molecule is COC(=O)Cn1cc(-c2ccncc2)nn1. The van der Waals surface area contributed by atoms with Gasteiger partial charge in [0, 0.05) is 18.0 Å². The molecule has 2 heterocycles. The number of carbonyl (C=O) groups excluding carboxylic acids is 1. The monoisotopic (exact) mass is 218 g/mol. The van der Waals surface area contributed by atoms with Crippen molar-refractivity contribution >= 4 is 5.97 Å². The first-order valence-electron chi connectivity index (χ1n) is 4.67. The molecule has 0 saturated heterocycles. The van der Waals surface area contributed by atoms with Crippen LogP contribution in [0.1, 0.15) is 0 Å². The maximum absolute atomic E-state index is 11.0. The zero-order valence-electron chi connectivity index (χ0n) is 8.70. The summed E-state index contributed by atoms with van der Waals surface area (Å²) in [6.07, 6.45) is 5.04. The second-order valence-electron chi connectivity index (χ2n) is 3.11. The number of ether oxygens (including phenoxy) is 1. The van der Waals surface area contributed by atoms with Crippen LogP contribution in [0.3, 0.4) is 0 Å². The lowest BCUT2D eigenvalue weighted by atomic mass is 10.2. The van der Waals surface area contributed by atoms with Crippen molar-refractivity contribution in [1.82, 2.24) is 20.0 Å². The lowest BCUT2D eigenvalue weighted by Gasteiger charge is -1.96. The number of pyridine rings is 1. The molecule has 6 nitrogen and oxygen atoms in total.